The standard InChI is InChI=1S/C25H23ClN2O3/c1-30-21-11-17(12-22(14-21)31-2)15-28-16-18(23-5-3-4-6-24(23)28)13-25(29)27-20-9-7-19(26)8-10-20/h3-12,14,16H,13,15H2,1-2H3,(H,27,29). The quantitative estimate of drug-likeness (QED) is 0.415. The van der Waals surface area contributed by atoms with E-state index in [1.165, 1.54) is 0 Å². The lowest BCUT2D eigenvalue weighted by Crippen LogP contribution is -2.14. The van der Waals surface area contributed by atoms with Gasteiger partial charge in [0.15, 0.2) is 0 Å². The largest absolute Gasteiger partial charge is 0.497 e. The van der Waals surface area contributed by atoms with Crippen molar-refractivity contribution >= 4 is 34.1 Å². The summed E-state index contributed by atoms with van der Waals surface area (Å²) in [7, 11) is 3.28. The molecule has 0 aliphatic heterocycles. The molecule has 4 aromatic rings. The average Bonchev–Trinajstić information content (AvgIpc) is 3.12. The number of nitrogens with one attached hydrogen (secondary N) is 1. The van der Waals surface area contributed by atoms with E-state index in [1.807, 2.05) is 42.6 Å². The zero-order chi connectivity index (χ0) is 21.8. The number of amides is 1. The zero-order valence-corrected chi connectivity index (χ0v) is 18.1. The molecule has 4 rings (SSSR count). The Morgan fingerprint density at radius 1 is 0.968 bits per heavy atom. The van der Waals surface area contributed by atoms with Crippen molar-refractivity contribution in [3.8, 4) is 11.5 Å². The molecule has 1 amide bonds. The van der Waals surface area contributed by atoms with Crippen molar-refractivity contribution in [2.75, 3.05) is 19.5 Å². The Kier molecular flexibility index (Phi) is 6.14. The number of rotatable bonds is 7. The molecule has 5 nitrogen and oxygen atoms in total. The van der Waals surface area contributed by atoms with Gasteiger partial charge < -0.3 is 19.4 Å². The fraction of sp³-hybridized carbons (Fsp3) is 0.160. The highest BCUT2D eigenvalue weighted by molar-refractivity contribution is 6.30. The molecule has 0 bridgehead atoms. The lowest BCUT2D eigenvalue weighted by atomic mass is 10.1. The number of ether oxygens (including phenoxy) is 2. The summed E-state index contributed by atoms with van der Waals surface area (Å²) in [6.07, 6.45) is 2.32. The van der Waals surface area contributed by atoms with Gasteiger partial charge in [0.05, 0.1) is 20.6 Å². The van der Waals surface area contributed by atoms with Crippen LogP contribution in [0.2, 0.25) is 5.02 Å². The van der Waals surface area contributed by atoms with E-state index in [1.54, 1.807) is 38.5 Å². The van der Waals surface area contributed by atoms with Crippen LogP contribution in [0.3, 0.4) is 0 Å². The molecule has 6 heteroatoms. The van der Waals surface area contributed by atoms with Gasteiger partial charge in [-0.3, -0.25) is 4.79 Å². The summed E-state index contributed by atoms with van der Waals surface area (Å²) < 4.78 is 12.9. The molecule has 1 N–H and O–H groups in total. The van der Waals surface area contributed by atoms with Crippen LogP contribution in [0.5, 0.6) is 11.5 Å². The number of nitrogens with zero attached hydrogens (tertiary/aromatic N) is 1. The van der Waals surface area contributed by atoms with Gasteiger partial charge >= 0.3 is 0 Å². The maximum Gasteiger partial charge on any atom is 0.228 e. The van der Waals surface area contributed by atoms with Gasteiger partial charge in [-0.25, -0.2) is 0 Å². The van der Waals surface area contributed by atoms with Crippen molar-refractivity contribution in [1.82, 2.24) is 4.57 Å². The summed E-state index contributed by atoms with van der Waals surface area (Å²) >= 11 is 5.92. The maximum atomic E-state index is 12.7. The number of halogens is 1. The number of hydrogen-bond donors (Lipinski definition) is 1. The van der Waals surface area contributed by atoms with Crippen molar-refractivity contribution < 1.29 is 14.3 Å². The van der Waals surface area contributed by atoms with Gasteiger partial charge in [-0.1, -0.05) is 29.8 Å². The van der Waals surface area contributed by atoms with Crippen LogP contribution in [0.15, 0.2) is 72.9 Å². The number of aromatic nitrogens is 1. The summed E-state index contributed by atoms with van der Waals surface area (Å²) in [5, 5.41) is 4.62. The SMILES string of the molecule is COc1cc(Cn2cc(CC(=O)Nc3ccc(Cl)cc3)c3ccccc32)cc(OC)c1. The van der Waals surface area contributed by atoms with Crippen LogP contribution in [0.1, 0.15) is 11.1 Å². The Hall–Kier alpha value is -3.44. The summed E-state index contributed by atoms with van der Waals surface area (Å²) in [5.41, 5.74) is 3.81. The monoisotopic (exact) mass is 434 g/mol. The Balaban J connectivity index is 1.60. The predicted octanol–water partition coefficient (Wildman–Crippen LogP) is 5.54. The van der Waals surface area contributed by atoms with Crippen molar-refractivity contribution in [1.29, 1.82) is 0 Å². The van der Waals surface area contributed by atoms with Gasteiger partial charge in [0.1, 0.15) is 11.5 Å². The van der Waals surface area contributed by atoms with Crippen LogP contribution in [-0.2, 0) is 17.8 Å². The third-order valence-electron chi connectivity index (χ3n) is 5.11. The maximum absolute atomic E-state index is 12.7. The van der Waals surface area contributed by atoms with Gasteiger partial charge in [0, 0.05) is 40.4 Å². The number of hydrogen-bond acceptors (Lipinski definition) is 3. The zero-order valence-electron chi connectivity index (χ0n) is 17.4. The molecule has 31 heavy (non-hydrogen) atoms. The summed E-state index contributed by atoms with van der Waals surface area (Å²) in [6, 6.07) is 21.0. The number of benzene rings is 3. The topological polar surface area (TPSA) is 52.5 Å². The molecule has 0 aliphatic rings. The highest BCUT2D eigenvalue weighted by atomic mass is 35.5. The minimum atomic E-state index is -0.0757. The second-order valence-electron chi connectivity index (χ2n) is 7.25. The van der Waals surface area contributed by atoms with E-state index in [4.69, 9.17) is 21.1 Å². The van der Waals surface area contributed by atoms with Gasteiger partial charge in [-0.2, -0.15) is 0 Å². The van der Waals surface area contributed by atoms with Crippen LogP contribution in [0.4, 0.5) is 5.69 Å². The molecule has 0 unspecified atom stereocenters. The van der Waals surface area contributed by atoms with Crippen LogP contribution < -0.4 is 14.8 Å². The number of carbonyl (C=O) groups is 1. The molecule has 0 fully saturated rings. The number of anilines is 1. The molecule has 0 saturated carbocycles. The van der Waals surface area contributed by atoms with E-state index < -0.39 is 0 Å². The molecule has 0 radical (unpaired) electrons. The Morgan fingerprint density at radius 2 is 1.65 bits per heavy atom. The second-order valence-corrected chi connectivity index (χ2v) is 7.69. The lowest BCUT2D eigenvalue weighted by Gasteiger charge is -2.10. The molecular formula is C25H23ClN2O3. The Bertz CT molecular complexity index is 1190. The summed E-state index contributed by atoms with van der Waals surface area (Å²) in [5.74, 6) is 1.41. The summed E-state index contributed by atoms with van der Waals surface area (Å²) in [6.45, 7) is 0.632. The fourth-order valence-electron chi connectivity index (χ4n) is 3.66. The van der Waals surface area contributed by atoms with Crippen molar-refractivity contribution in [2.24, 2.45) is 0 Å². The van der Waals surface area contributed by atoms with Crippen molar-refractivity contribution in [3.63, 3.8) is 0 Å². The predicted molar refractivity (Wildman–Crippen MR) is 124 cm³/mol. The van der Waals surface area contributed by atoms with E-state index in [0.29, 0.717) is 11.6 Å². The average molecular weight is 435 g/mol. The van der Waals surface area contributed by atoms with E-state index in [2.05, 4.69) is 16.0 Å². The Morgan fingerprint density at radius 3 is 2.32 bits per heavy atom. The molecule has 3 aromatic carbocycles. The normalized spacial score (nSPS) is 10.8. The van der Waals surface area contributed by atoms with Gasteiger partial charge in [0.25, 0.3) is 0 Å². The Labute approximate surface area is 186 Å². The molecular weight excluding hydrogens is 412 g/mol. The molecule has 1 aromatic heterocycles. The van der Waals surface area contributed by atoms with Crippen LogP contribution in [-0.4, -0.2) is 24.7 Å². The lowest BCUT2D eigenvalue weighted by molar-refractivity contribution is -0.115. The molecule has 1 heterocycles. The fourth-order valence-corrected chi connectivity index (χ4v) is 3.79. The smallest absolute Gasteiger partial charge is 0.228 e. The van der Waals surface area contributed by atoms with E-state index in [9.17, 15) is 4.79 Å². The molecule has 158 valence electrons. The molecule has 0 aliphatic carbocycles. The number of para-hydroxylation sites is 1. The highest BCUT2D eigenvalue weighted by Gasteiger charge is 2.13. The van der Waals surface area contributed by atoms with Crippen LogP contribution >= 0.6 is 11.6 Å². The van der Waals surface area contributed by atoms with Crippen LogP contribution in [0.25, 0.3) is 10.9 Å². The van der Waals surface area contributed by atoms with Crippen LogP contribution in [0, 0.1) is 0 Å². The van der Waals surface area contributed by atoms with E-state index >= 15 is 0 Å². The van der Waals surface area contributed by atoms with E-state index in [0.717, 1.165) is 39.2 Å². The first-order valence-electron chi connectivity index (χ1n) is 9.90. The highest BCUT2D eigenvalue weighted by Crippen LogP contribution is 2.27. The number of carbonyl (C=O) groups excluding carboxylic acids is 1. The number of fused-ring (bicyclic) bond motifs is 1. The number of methoxy groups -OCH3 is 2. The third-order valence-corrected chi connectivity index (χ3v) is 5.37. The molecule has 0 atom stereocenters. The van der Waals surface area contributed by atoms with Gasteiger partial charge in [0.2, 0.25) is 5.91 Å². The summed E-state index contributed by atoms with van der Waals surface area (Å²) in [4.78, 5) is 12.7. The minimum Gasteiger partial charge on any atom is -0.497 e. The first kappa shape index (κ1) is 20.8. The molecule has 0 spiro atoms. The van der Waals surface area contributed by atoms with Gasteiger partial charge in [-0.15, -0.1) is 0 Å². The first-order valence-corrected chi connectivity index (χ1v) is 10.3. The van der Waals surface area contributed by atoms with E-state index in [-0.39, 0.29) is 12.3 Å². The first-order chi connectivity index (χ1) is 15.1. The van der Waals surface area contributed by atoms with Crippen molar-refractivity contribution in [2.45, 2.75) is 13.0 Å². The molecule has 0 saturated heterocycles. The van der Waals surface area contributed by atoms with Crippen molar-refractivity contribution in [3.05, 3.63) is 89.1 Å². The van der Waals surface area contributed by atoms with Gasteiger partial charge in [-0.05, 0) is 53.6 Å². The third kappa shape index (κ3) is 4.84. The minimum absolute atomic E-state index is 0.0757. The second kappa shape index (κ2) is 9.14.